The van der Waals surface area contributed by atoms with Gasteiger partial charge in [0.2, 0.25) is 0 Å². The number of benzene rings is 1. The topological polar surface area (TPSA) is 65.9 Å². The monoisotopic (exact) mass is 260 g/mol. The molecule has 1 N–H and O–H groups in total. The number of esters is 1. The summed E-state index contributed by atoms with van der Waals surface area (Å²) in [4.78, 5) is 14.2. The van der Waals surface area contributed by atoms with E-state index in [1.54, 1.807) is 18.2 Å². The van der Waals surface area contributed by atoms with Crippen LogP contribution in [0.3, 0.4) is 0 Å². The van der Waals surface area contributed by atoms with Crippen LogP contribution in [0.4, 0.5) is 4.39 Å². The van der Waals surface area contributed by atoms with Crippen molar-refractivity contribution in [3.8, 4) is 6.07 Å². The lowest BCUT2D eigenvalue weighted by molar-refractivity contribution is -0.140. The van der Waals surface area contributed by atoms with E-state index >= 15 is 0 Å². The van der Waals surface area contributed by atoms with Gasteiger partial charge in [0.1, 0.15) is 6.67 Å². The van der Waals surface area contributed by atoms with Crippen LogP contribution in [-0.2, 0) is 22.6 Å². The molecule has 1 heterocycles. The summed E-state index contributed by atoms with van der Waals surface area (Å²) in [7, 11) is 1.34. The molecule has 4 nitrogen and oxygen atoms in total. The van der Waals surface area contributed by atoms with E-state index in [0.717, 1.165) is 11.2 Å². The third-order valence-corrected chi connectivity index (χ3v) is 3.05. The number of nitriles is 1. The predicted molar refractivity (Wildman–Crippen MR) is 68.2 cm³/mol. The largest absolute Gasteiger partial charge is 0.469 e. The summed E-state index contributed by atoms with van der Waals surface area (Å²) in [5.41, 5.74) is 2.32. The van der Waals surface area contributed by atoms with Crippen molar-refractivity contribution in [1.29, 1.82) is 5.26 Å². The molecule has 2 aromatic rings. The number of carbonyl (C=O) groups excluding carboxylic acids is 1. The molecule has 19 heavy (non-hydrogen) atoms. The molecule has 0 radical (unpaired) electrons. The number of rotatable bonds is 4. The summed E-state index contributed by atoms with van der Waals surface area (Å²) in [6, 6.07) is 7.10. The van der Waals surface area contributed by atoms with Crippen molar-refractivity contribution in [1.82, 2.24) is 4.98 Å². The first-order valence-electron chi connectivity index (χ1n) is 5.86. The zero-order chi connectivity index (χ0) is 13.8. The molecule has 0 aliphatic rings. The molecule has 0 amide bonds. The van der Waals surface area contributed by atoms with Crippen LogP contribution in [0.2, 0.25) is 0 Å². The highest BCUT2D eigenvalue weighted by Crippen LogP contribution is 2.24. The molecular weight excluding hydrogens is 247 g/mol. The van der Waals surface area contributed by atoms with Gasteiger partial charge in [0.05, 0.1) is 25.2 Å². The Kier molecular flexibility index (Phi) is 3.81. The number of H-pyrrole nitrogens is 1. The molecule has 1 aromatic carbocycles. The molecule has 0 atom stereocenters. The van der Waals surface area contributed by atoms with Crippen LogP contribution >= 0.6 is 0 Å². The van der Waals surface area contributed by atoms with E-state index in [1.165, 1.54) is 7.11 Å². The van der Waals surface area contributed by atoms with E-state index in [-0.39, 0.29) is 12.4 Å². The number of methoxy groups -OCH3 is 1. The summed E-state index contributed by atoms with van der Waals surface area (Å²) in [6.45, 7) is -0.686. The number of nitrogens with one attached hydrogen (secondary N) is 1. The van der Waals surface area contributed by atoms with Crippen molar-refractivity contribution in [3.05, 3.63) is 35.0 Å². The van der Waals surface area contributed by atoms with Gasteiger partial charge in [-0.25, -0.2) is 4.39 Å². The van der Waals surface area contributed by atoms with E-state index in [4.69, 9.17) is 5.26 Å². The first kappa shape index (κ1) is 13.1. The fourth-order valence-electron chi connectivity index (χ4n) is 2.04. The predicted octanol–water partition coefficient (Wildman–Crippen LogP) is 2.61. The Labute approximate surface area is 109 Å². The fourth-order valence-corrected chi connectivity index (χ4v) is 2.04. The Morgan fingerprint density at radius 2 is 2.32 bits per heavy atom. The highest BCUT2D eigenvalue weighted by Gasteiger charge is 2.11. The Morgan fingerprint density at radius 3 is 2.95 bits per heavy atom. The van der Waals surface area contributed by atoms with Gasteiger partial charge >= 0.3 is 5.97 Å². The van der Waals surface area contributed by atoms with Crippen molar-refractivity contribution >= 4 is 16.9 Å². The average Bonchev–Trinajstić information content (AvgIpc) is 2.86. The smallest absolute Gasteiger partial charge is 0.305 e. The fraction of sp³-hybridized carbons (Fsp3) is 0.286. The van der Waals surface area contributed by atoms with E-state index in [2.05, 4.69) is 9.72 Å². The van der Waals surface area contributed by atoms with Crippen molar-refractivity contribution in [2.24, 2.45) is 0 Å². The minimum atomic E-state index is -0.686. The molecule has 0 fully saturated rings. The average molecular weight is 260 g/mol. The lowest BCUT2D eigenvalue weighted by Crippen LogP contribution is -2.01. The number of carbonyl (C=O) groups is 1. The quantitative estimate of drug-likeness (QED) is 0.859. The Morgan fingerprint density at radius 1 is 1.53 bits per heavy atom. The number of hydrogen-bond acceptors (Lipinski definition) is 3. The second-order valence-electron chi connectivity index (χ2n) is 4.17. The molecule has 0 saturated heterocycles. The van der Waals surface area contributed by atoms with Crippen LogP contribution in [0.5, 0.6) is 0 Å². The number of aryl methyl sites for hydroxylation is 1. The number of ether oxygens (including phenoxy) is 1. The highest BCUT2D eigenvalue weighted by atomic mass is 19.1. The molecule has 1 aromatic heterocycles. The number of alkyl halides is 1. The van der Waals surface area contributed by atoms with Crippen LogP contribution in [0, 0.1) is 11.3 Å². The number of halogens is 1. The minimum Gasteiger partial charge on any atom is -0.469 e. The number of hydrogen-bond donors (Lipinski definition) is 1. The third-order valence-electron chi connectivity index (χ3n) is 3.05. The van der Waals surface area contributed by atoms with Crippen LogP contribution < -0.4 is 0 Å². The van der Waals surface area contributed by atoms with Crippen LogP contribution in [0.15, 0.2) is 18.2 Å². The standard InChI is InChI=1S/C14H13FN2O2/c1-19-14(18)5-3-10-6-11-12(7-15)9(8-16)2-4-13(11)17-10/h2,4,6,17H,3,5,7H2,1H3. The van der Waals surface area contributed by atoms with Gasteiger partial charge in [-0.3, -0.25) is 4.79 Å². The first-order valence-corrected chi connectivity index (χ1v) is 5.86. The number of aromatic nitrogens is 1. The molecule has 0 saturated carbocycles. The molecule has 0 aliphatic carbocycles. The van der Waals surface area contributed by atoms with Crippen LogP contribution in [-0.4, -0.2) is 18.1 Å². The van der Waals surface area contributed by atoms with Crippen molar-refractivity contribution in [3.63, 3.8) is 0 Å². The molecule has 2 rings (SSSR count). The van der Waals surface area contributed by atoms with Crippen molar-refractivity contribution < 1.29 is 13.9 Å². The van der Waals surface area contributed by atoms with Gasteiger partial charge in [-0.2, -0.15) is 5.26 Å². The van der Waals surface area contributed by atoms with Crippen LogP contribution in [0.1, 0.15) is 23.2 Å². The van der Waals surface area contributed by atoms with Gasteiger partial charge in [-0.05, 0) is 24.6 Å². The minimum absolute atomic E-state index is 0.263. The van der Waals surface area contributed by atoms with Gasteiger partial charge in [0.25, 0.3) is 0 Å². The third kappa shape index (κ3) is 2.58. The molecule has 0 aliphatic heterocycles. The number of nitrogens with zero attached hydrogens (tertiary/aromatic N) is 1. The second-order valence-corrected chi connectivity index (χ2v) is 4.17. The van der Waals surface area contributed by atoms with E-state index in [9.17, 15) is 9.18 Å². The molecule has 98 valence electrons. The van der Waals surface area contributed by atoms with Gasteiger partial charge < -0.3 is 9.72 Å². The maximum absolute atomic E-state index is 13.0. The maximum atomic E-state index is 13.0. The normalized spacial score (nSPS) is 10.4. The maximum Gasteiger partial charge on any atom is 0.305 e. The SMILES string of the molecule is COC(=O)CCc1cc2c(CF)c(C#N)ccc2[nH]1. The van der Waals surface area contributed by atoms with Gasteiger partial charge in [-0.1, -0.05) is 0 Å². The number of fused-ring (bicyclic) bond motifs is 1. The Hall–Kier alpha value is -2.35. The Balaban J connectivity index is 2.35. The zero-order valence-electron chi connectivity index (χ0n) is 10.5. The molecule has 0 spiro atoms. The van der Waals surface area contributed by atoms with Gasteiger partial charge in [0.15, 0.2) is 0 Å². The van der Waals surface area contributed by atoms with Crippen LogP contribution in [0.25, 0.3) is 10.9 Å². The Bertz CT molecular complexity index is 655. The highest BCUT2D eigenvalue weighted by molar-refractivity contribution is 5.86. The van der Waals surface area contributed by atoms with E-state index < -0.39 is 6.67 Å². The first-order chi connectivity index (χ1) is 9.19. The van der Waals surface area contributed by atoms with Gasteiger partial charge in [-0.15, -0.1) is 0 Å². The lowest BCUT2D eigenvalue weighted by atomic mass is 10.0. The summed E-state index contributed by atoms with van der Waals surface area (Å²) in [6.07, 6.45) is 0.758. The number of aromatic amines is 1. The molecule has 5 heteroatoms. The summed E-state index contributed by atoms with van der Waals surface area (Å²) in [5.74, 6) is -0.290. The molecule has 0 unspecified atom stereocenters. The van der Waals surface area contributed by atoms with E-state index in [0.29, 0.717) is 22.9 Å². The summed E-state index contributed by atoms with van der Waals surface area (Å²) >= 11 is 0. The molecular formula is C14H13FN2O2. The van der Waals surface area contributed by atoms with E-state index in [1.807, 2.05) is 6.07 Å². The van der Waals surface area contributed by atoms with Crippen molar-refractivity contribution in [2.75, 3.05) is 7.11 Å². The second kappa shape index (κ2) is 5.53. The van der Waals surface area contributed by atoms with Crippen molar-refractivity contribution in [2.45, 2.75) is 19.5 Å². The van der Waals surface area contributed by atoms with Gasteiger partial charge in [0, 0.05) is 22.2 Å². The molecule has 0 bridgehead atoms. The zero-order valence-corrected chi connectivity index (χ0v) is 10.5. The lowest BCUT2D eigenvalue weighted by Gasteiger charge is -1.99. The summed E-state index contributed by atoms with van der Waals surface area (Å²) in [5, 5.41) is 9.63. The summed E-state index contributed by atoms with van der Waals surface area (Å²) < 4.78 is 17.6.